The highest BCUT2D eigenvalue weighted by Gasteiger charge is 2.17. The van der Waals surface area contributed by atoms with Crippen molar-refractivity contribution in [1.82, 2.24) is 0 Å². The highest BCUT2D eigenvalue weighted by molar-refractivity contribution is 5.98. The van der Waals surface area contributed by atoms with E-state index in [9.17, 15) is 23.5 Å². The first-order valence-electron chi connectivity index (χ1n) is 4.08. The minimum absolute atomic E-state index is 0.137. The van der Waals surface area contributed by atoms with Crippen LogP contribution in [0, 0.1) is 0 Å². The van der Waals surface area contributed by atoms with Gasteiger partial charge in [0.25, 0.3) is 6.43 Å². The van der Waals surface area contributed by atoms with Crippen LogP contribution in [0.25, 0.3) is 0 Å². The molecule has 5 heteroatoms. The van der Waals surface area contributed by atoms with Crippen molar-refractivity contribution in [1.29, 1.82) is 0 Å². The normalized spacial score (nSPS) is 10.4. The zero-order valence-electron chi connectivity index (χ0n) is 7.83. The SMILES string of the molecule is CC(=O)c1cc(C=O)c(C(F)F)cc1O. The number of ketones is 1. The highest BCUT2D eigenvalue weighted by Crippen LogP contribution is 2.29. The molecule has 0 aromatic heterocycles. The molecule has 0 saturated heterocycles. The molecule has 0 radical (unpaired) electrons. The van der Waals surface area contributed by atoms with Crippen LogP contribution in [-0.4, -0.2) is 17.2 Å². The molecule has 0 aliphatic heterocycles. The van der Waals surface area contributed by atoms with Gasteiger partial charge in [0.1, 0.15) is 5.75 Å². The summed E-state index contributed by atoms with van der Waals surface area (Å²) in [6.45, 7) is 1.17. The number of hydrogen-bond acceptors (Lipinski definition) is 3. The lowest BCUT2D eigenvalue weighted by atomic mass is 10.0. The molecule has 0 heterocycles. The van der Waals surface area contributed by atoms with Gasteiger partial charge in [-0.25, -0.2) is 8.78 Å². The van der Waals surface area contributed by atoms with Crippen molar-refractivity contribution in [2.45, 2.75) is 13.3 Å². The third kappa shape index (κ3) is 2.18. The molecule has 0 fully saturated rings. The molecule has 0 spiro atoms. The van der Waals surface area contributed by atoms with Crippen molar-refractivity contribution >= 4 is 12.1 Å². The van der Waals surface area contributed by atoms with Crippen molar-refractivity contribution in [3.8, 4) is 5.75 Å². The second-order valence-electron chi connectivity index (χ2n) is 2.97. The van der Waals surface area contributed by atoms with Gasteiger partial charge >= 0.3 is 0 Å². The fraction of sp³-hybridized carbons (Fsp3) is 0.200. The Hall–Kier alpha value is -1.78. The number of aromatic hydroxyl groups is 1. The third-order valence-corrected chi connectivity index (χ3v) is 1.94. The molecule has 0 unspecified atom stereocenters. The average Bonchev–Trinajstić information content (AvgIpc) is 2.16. The molecule has 0 saturated carbocycles. The largest absolute Gasteiger partial charge is 0.507 e. The maximum absolute atomic E-state index is 12.4. The number of alkyl halides is 2. The predicted octanol–water partition coefficient (Wildman–Crippen LogP) is 2.34. The van der Waals surface area contributed by atoms with Crippen LogP contribution in [0.15, 0.2) is 12.1 Å². The van der Waals surface area contributed by atoms with E-state index in [1.54, 1.807) is 0 Å². The Morgan fingerprint density at radius 1 is 1.47 bits per heavy atom. The second kappa shape index (κ2) is 4.16. The van der Waals surface area contributed by atoms with Gasteiger partial charge in [-0.15, -0.1) is 0 Å². The maximum atomic E-state index is 12.4. The van der Waals surface area contributed by atoms with E-state index in [1.807, 2.05) is 0 Å². The molecule has 1 aromatic carbocycles. The van der Waals surface area contributed by atoms with Gasteiger partial charge in [-0.2, -0.15) is 0 Å². The van der Waals surface area contributed by atoms with Gasteiger partial charge in [-0.3, -0.25) is 9.59 Å². The molecular formula is C10H8F2O3. The molecule has 0 aliphatic carbocycles. The van der Waals surface area contributed by atoms with Gasteiger partial charge in [-0.1, -0.05) is 0 Å². The minimum Gasteiger partial charge on any atom is -0.507 e. The topological polar surface area (TPSA) is 54.4 Å². The lowest BCUT2D eigenvalue weighted by Crippen LogP contribution is -1.99. The van der Waals surface area contributed by atoms with Crippen LogP contribution in [0.1, 0.15) is 39.6 Å². The number of hydrogen-bond donors (Lipinski definition) is 1. The summed E-state index contributed by atoms with van der Waals surface area (Å²) >= 11 is 0. The van der Waals surface area contributed by atoms with E-state index in [1.165, 1.54) is 6.92 Å². The summed E-state index contributed by atoms with van der Waals surface area (Å²) in [5.41, 5.74) is -0.998. The fourth-order valence-electron chi connectivity index (χ4n) is 1.19. The average molecular weight is 214 g/mol. The molecule has 0 atom stereocenters. The smallest absolute Gasteiger partial charge is 0.264 e. The Labute approximate surface area is 84.3 Å². The van der Waals surface area contributed by atoms with Gasteiger partial charge in [-0.05, 0) is 19.1 Å². The van der Waals surface area contributed by atoms with Crippen LogP contribution >= 0.6 is 0 Å². The molecular weight excluding hydrogens is 206 g/mol. The first-order valence-corrected chi connectivity index (χ1v) is 4.08. The number of halogens is 2. The van der Waals surface area contributed by atoms with Gasteiger partial charge in [0.05, 0.1) is 5.56 Å². The summed E-state index contributed by atoms with van der Waals surface area (Å²) in [7, 11) is 0. The van der Waals surface area contributed by atoms with Crippen LogP contribution in [-0.2, 0) is 0 Å². The number of carbonyl (C=O) groups is 2. The third-order valence-electron chi connectivity index (χ3n) is 1.94. The van der Waals surface area contributed by atoms with Gasteiger partial charge in [0, 0.05) is 11.1 Å². The van der Waals surface area contributed by atoms with Gasteiger partial charge in [0.2, 0.25) is 0 Å². The maximum Gasteiger partial charge on any atom is 0.264 e. The Morgan fingerprint density at radius 2 is 2.07 bits per heavy atom. The number of aldehydes is 1. The first-order chi connectivity index (χ1) is 6.97. The number of Topliss-reactive ketones (excluding diaryl/α,β-unsaturated/α-hetero) is 1. The number of phenols is 1. The fourth-order valence-corrected chi connectivity index (χ4v) is 1.19. The van der Waals surface area contributed by atoms with Crippen molar-refractivity contribution < 1.29 is 23.5 Å². The lowest BCUT2D eigenvalue weighted by molar-refractivity contribution is 0.101. The summed E-state index contributed by atoms with van der Waals surface area (Å²) in [5, 5.41) is 9.26. The molecule has 3 nitrogen and oxygen atoms in total. The van der Waals surface area contributed by atoms with E-state index in [0.717, 1.165) is 12.1 Å². The standard InChI is InChI=1S/C10H8F2O3/c1-5(14)7-2-6(4-13)8(10(11)12)3-9(7)15/h2-4,10,15H,1H3. The van der Waals surface area contributed by atoms with Crippen LogP contribution in [0.5, 0.6) is 5.75 Å². The van der Waals surface area contributed by atoms with E-state index in [2.05, 4.69) is 0 Å². The minimum atomic E-state index is -2.86. The summed E-state index contributed by atoms with van der Waals surface area (Å²) in [5.74, 6) is -1.03. The van der Waals surface area contributed by atoms with Crippen molar-refractivity contribution in [2.24, 2.45) is 0 Å². The Bertz CT molecular complexity index is 413. The van der Waals surface area contributed by atoms with E-state index < -0.39 is 23.5 Å². The van der Waals surface area contributed by atoms with E-state index >= 15 is 0 Å². The summed E-state index contributed by atoms with van der Waals surface area (Å²) < 4.78 is 24.7. The molecule has 0 bridgehead atoms. The Morgan fingerprint density at radius 3 is 2.47 bits per heavy atom. The molecule has 1 rings (SSSR count). The quantitative estimate of drug-likeness (QED) is 0.620. The first kappa shape index (κ1) is 11.3. The number of phenolic OH excluding ortho intramolecular Hbond substituents is 1. The molecule has 15 heavy (non-hydrogen) atoms. The highest BCUT2D eigenvalue weighted by atomic mass is 19.3. The Kier molecular flexibility index (Phi) is 3.14. The van der Waals surface area contributed by atoms with Gasteiger partial charge in [0.15, 0.2) is 12.1 Å². The summed E-state index contributed by atoms with van der Waals surface area (Å²) in [4.78, 5) is 21.4. The molecule has 0 amide bonds. The lowest BCUT2D eigenvalue weighted by Gasteiger charge is -2.07. The molecule has 1 N–H and O–H groups in total. The van der Waals surface area contributed by atoms with Crippen LogP contribution < -0.4 is 0 Å². The van der Waals surface area contributed by atoms with E-state index in [4.69, 9.17) is 0 Å². The monoisotopic (exact) mass is 214 g/mol. The zero-order valence-corrected chi connectivity index (χ0v) is 7.83. The van der Waals surface area contributed by atoms with Crippen molar-refractivity contribution in [2.75, 3.05) is 0 Å². The van der Waals surface area contributed by atoms with Crippen molar-refractivity contribution in [3.05, 3.63) is 28.8 Å². The molecule has 80 valence electrons. The van der Waals surface area contributed by atoms with Crippen LogP contribution in [0.4, 0.5) is 8.78 Å². The van der Waals surface area contributed by atoms with Gasteiger partial charge < -0.3 is 5.11 Å². The summed E-state index contributed by atoms with van der Waals surface area (Å²) in [6, 6.07) is 1.71. The Balaban J connectivity index is 3.42. The zero-order chi connectivity index (χ0) is 11.6. The number of rotatable bonds is 3. The van der Waals surface area contributed by atoms with Crippen LogP contribution in [0.3, 0.4) is 0 Å². The number of carbonyl (C=O) groups excluding carboxylic acids is 2. The molecule has 0 aliphatic rings. The van der Waals surface area contributed by atoms with Crippen molar-refractivity contribution in [3.63, 3.8) is 0 Å². The second-order valence-corrected chi connectivity index (χ2v) is 2.97. The van der Waals surface area contributed by atoms with E-state index in [0.29, 0.717) is 0 Å². The number of benzene rings is 1. The molecule has 1 aromatic rings. The van der Waals surface area contributed by atoms with E-state index in [-0.39, 0.29) is 17.4 Å². The summed E-state index contributed by atoms with van der Waals surface area (Å²) in [6.07, 6.45) is -2.63. The predicted molar refractivity (Wildman–Crippen MR) is 48.5 cm³/mol. The van der Waals surface area contributed by atoms with Crippen LogP contribution in [0.2, 0.25) is 0 Å².